The first kappa shape index (κ1) is 19.2. The molecule has 0 amide bonds. The van der Waals surface area contributed by atoms with Crippen molar-refractivity contribution < 1.29 is 34.1 Å². The molecule has 0 radical (unpaired) electrons. The Morgan fingerprint density at radius 2 is 2.00 bits per heavy atom. The number of nitrogens with zero attached hydrogens (tertiary/aromatic N) is 1. The summed E-state index contributed by atoms with van der Waals surface area (Å²) < 4.78 is 23.0. The Morgan fingerprint density at radius 1 is 1.31 bits per heavy atom. The summed E-state index contributed by atoms with van der Waals surface area (Å²) in [6.45, 7) is 2.85. The van der Waals surface area contributed by atoms with Gasteiger partial charge in [0, 0.05) is 4.92 Å². The molecule has 2 heterocycles. The summed E-state index contributed by atoms with van der Waals surface area (Å²) >= 11 is 0. The molecule has 1 aromatic rings. The molecule has 0 saturated carbocycles. The zero-order valence-corrected chi connectivity index (χ0v) is 14.6. The first-order valence-electron chi connectivity index (χ1n) is 8.41. The van der Waals surface area contributed by atoms with Crippen LogP contribution in [0.25, 0.3) is 0 Å². The fourth-order valence-corrected chi connectivity index (χ4v) is 3.25. The van der Waals surface area contributed by atoms with Crippen LogP contribution in [0.5, 0.6) is 0 Å². The number of fused-ring (bicyclic) bond motifs is 1. The van der Waals surface area contributed by atoms with Crippen LogP contribution in [0.2, 0.25) is 0 Å². The molecule has 9 heteroatoms. The average Bonchev–Trinajstić information content (AvgIpc) is 3.06. The van der Waals surface area contributed by atoms with Crippen molar-refractivity contribution in [2.75, 3.05) is 6.61 Å². The number of ether oxygens (including phenoxy) is 4. The summed E-state index contributed by atoms with van der Waals surface area (Å²) in [7, 11) is 0. The average molecular weight is 369 g/mol. The zero-order valence-electron chi connectivity index (χ0n) is 14.6. The van der Waals surface area contributed by atoms with Crippen molar-refractivity contribution in [2.24, 2.45) is 0 Å². The van der Waals surface area contributed by atoms with Crippen molar-refractivity contribution in [1.29, 1.82) is 0 Å². The van der Waals surface area contributed by atoms with Gasteiger partial charge < -0.3 is 29.2 Å². The number of rotatable bonds is 7. The second-order valence-electron chi connectivity index (χ2n) is 6.86. The van der Waals surface area contributed by atoms with Crippen molar-refractivity contribution in [1.82, 2.24) is 0 Å². The summed E-state index contributed by atoms with van der Waals surface area (Å²) in [4.78, 5) is 10.4. The highest BCUT2D eigenvalue weighted by atomic mass is 16.8. The first-order valence-corrected chi connectivity index (χ1v) is 8.41. The molecular weight excluding hydrogens is 346 g/mol. The van der Waals surface area contributed by atoms with Crippen molar-refractivity contribution in [2.45, 2.75) is 63.0 Å². The maximum Gasteiger partial charge on any atom is 0.263 e. The van der Waals surface area contributed by atoms with Crippen LogP contribution < -0.4 is 0 Å². The van der Waals surface area contributed by atoms with E-state index >= 15 is 0 Å². The van der Waals surface area contributed by atoms with E-state index in [1.807, 2.05) is 30.3 Å². The molecule has 26 heavy (non-hydrogen) atoms. The fourth-order valence-electron chi connectivity index (χ4n) is 3.25. The Morgan fingerprint density at radius 3 is 2.62 bits per heavy atom. The van der Waals surface area contributed by atoms with Crippen LogP contribution in [-0.2, 0) is 25.6 Å². The summed E-state index contributed by atoms with van der Waals surface area (Å²) in [5.41, 5.74) is 0.898. The van der Waals surface area contributed by atoms with Gasteiger partial charge in [-0.05, 0) is 19.4 Å². The van der Waals surface area contributed by atoms with E-state index < -0.39 is 54.1 Å². The van der Waals surface area contributed by atoms with Gasteiger partial charge in [-0.1, -0.05) is 30.3 Å². The van der Waals surface area contributed by atoms with Crippen LogP contribution >= 0.6 is 0 Å². The van der Waals surface area contributed by atoms with Gasteiger partial charge in [0.15, 0.2) is 18.2 Å². The zero-order chi connectivity index (χ0) is 18.9. The van der Waals surface area contributed by atoms with Crippen LogP contribution in [-0.4, -0.2) is 64.3 Å². The van der Waals surface area contributed by atoms with Crippen LogP contribution in [0.15, 0.2) is 30.3 Å². The molecule has 2 saturated heterocycles. The lowest BCUT2D eigenvalue weighted by Crippen LogP contribution is -2.50. The number of nitro groups is 1. The lowest BCUT2D eigenvalue weighted by Gasteiger charge is -2.29. The minimum absolute atomic E-state index is 0.216. The molecule has 2 aliphatic heterocycles. The van der Waals surface area contributed by atoms with Gasteiger partial charge in [0.05, 0.1) is 6.61 Å². The van der Waals surface area contributed by atoms with E-state index in [9.17, 15) is 20.3 Å². The van der Waals surface area contributed by atoms with Gasteiger partial charge >= 0.3 is 0 Å². The van der Waals surface area contributed by atoms with Gasteiger partial charge in [-0.3, -0.25) is 10.1 Å². The Bertz CT molecular complexity index is 624. The monoisotopic (exact) mass is 369 g/mol. The van der Waals surface area contributed by atoms with E-state index in [4.69, 9.17) is 18.9 Å². The van der Waals surface area contributed by atoms with Crippen LogP contribution in [0.1, 0.15) is 19.4 Å². The van der Waals surface area contributed by atoms with E-state index in [1.54, 1.807) is 13.8 Å². The molecule has 0 aliphatic carbocycles. The molecule has 9 nitrogen and oxygen atoms in total. The second-order valence-corrected chi connectivity index (χ2v) is 6.86. The highest BCUT2D eigenvalue weighted by Gasteiger charge is 2.59. The fraction of sp³-hybridized carbons (Fsp3) is 0.647. The maximum atomic E-state index is 11.1. The number of benzene rings is 1. The third-order valence-corrected chi connectivity index (χ3v) is 4.50. The molecule has 3 rings (SSSR count). The topological polar surface area (TPSA) is 121 Å². The summed E-state index contributed by atoms with van der Waals surface area (Å²) in [6.07, 6.45) is -4.87. The normalized spacial score (nSPS) is 32.2. The largest absolute Gasteiger partial charge is 0.389 e. The molecule has 0 unspecified atom stereocenters. The second kappa shape index (κ2) is 7.55. The van der Waals surface area contributed by atoms with E-state index in [0.717, 1.165) is 5.56 Å². The lowest BCUT2D eigenvalue weighted by atomic mass is 10.00. The molecule has 0 spiro atoms. The SMILES string of the molecule is CC1(C)O[C@H]2O[C@H]([C@H](O)[C@@H](CO)[N+](=O)[O-])[C@H](OCc3ccccc3)[C@H]2O1. The quantitative estimate of drug-likeness (QED) is 0.525. The Hall–Kier alpha value is -1.62. The molecule has 1 aromatic carbocycles. The standard InChI is InChI=1S/C17H23NO8/c1-17(2)25-15-14(23-9-10-6-4-3-5-7-10)13(24-16(15)26-17)12(20)11(8-19)18(21)22/h3-7,11-16,19-20H,8-9H2,1-2H3/t11-,12-,13-,14+,15-,16-/m1/s1. The number of hydrogen-bond acceptors (Lipinski definition) is 8. The van der Waals surface area contributed by atoms with E-state index in [2.05, 4.69) is 0 Å². The van der Waals surface area contributed by atoms with Gasteiger partial charge in [-0.25, -0.2) is 0 Å². The van der Waals surface area contributed by atoms with Crippen LogP contribution in [0.4, 0.5) is 0 Å². The molecule has 144 valence electrons. The van der Waals surface area contributed by atoms with Gasteiger partial charge in [0.2, 0.25) is 0 Å². The smallest absolute Gasteiger partial charge is 0.263 e. The lowest BCUT2D eigenvalue weighted by molar-refractivity contribution is -0.541. The minimum Gasteiger partial charge on any atom is -0.389 e. The highest BCUT2D eigenvalue weighted by molar-refractivity contribution is 5.13. The first-order chi connectivity index (χ1) is 12.3. The third kappa shape index (κ3) is 3.88. The number of aliphatic hydroxyl groups is 2. The van der Waals surface area contributed by atoms with Crippen LogP contribution in [0.3, 0.4) is 0 Å². The Labute approximate surface area is 150 Å². The van der Waals surface area contributed by atoms with Crippen molar-refractivity contribution in [3.05, 3.63) is 46.0 Å². The molecule has 0 bridgehead atoms. The highest BCUT2D eigenvalue weighted by Crippen LogP contribution is 2.40. The molecule has 0 aromatic heterocycles. The predicted molar refractivity (Wildman–Crippen MR) is 87.6 cm³/mol. The molecule has 6 atom stereocenters. The van der Waals surface area contributed by atoms with Crippen LogP contribution in [0, 0.1) is 10.1 Å². The summed E-state index contributed by atoms with van der Waals surface area (Å²) in [6, 6.07) is 7.78. The summed E-state index contributed by atoms with van der Waals surface area (Å²) in [5.74, 6) is -0.890. The third-order valence-electron chi connectivity index (χ3n) is 4.50. The van der Waals surface area contributed by atoms with Gasteiger partial charge in [0.1, 0.15) is 24.9 Å². The summed E-state index contributed by atoms with van der Waals surface area (Å²) in [5, 5.41) is 30.8. The Balaban J connectivity index is 1.77. The molecule has 2 fully saturated rings. The van der Waals surface area contributed by atoms with Gasteiger partial charge in [-0.15, -0.1) is 0 Å². The maximum absolute atomic E-state index is 11.1. The molecule has 2 aliphatic rings. The molecular formula is C17H23NO8. The molecule has 2 N–H and O–H groups in total. The van der Waals surface area contributed by atoms with Crippen molar-refractivity contribution >= 4 is 0 Å². The van der Waals surface area contributed by atoms with Gasteiger partial charge in [0.25, 0.3) is 6.04 Å². The van der Waals surface area contributed by atoms with E-state index in [1.165, 1.54) is 0 Å². The van der Waals surface area contributed by atoms with Crippen molar-refractivity contribution in [3.63, 3.8) is 0 Å². The van der Waals surface area contributed by atoms with Gasteiger partial charge in [-0.2, -0.15) is 0 Å². The van der Waals surface area contributed by atoms with Crippen molar-refractivity contribution in [3.8, 4) is 0 Å². The predicted octanol–water partition coefficient (Wildman–Crippen LogP) is 0.447. The van der Waals surface area contributed by atoms with E-state index in [0.29, 0.717) is 0 Å². The minimum atomic E-state index is -1.59. The Kier molecular flexibility index (Phi) is 5.56. The van der Waals surface area contributed by atoms with E-state index in [-0.39, 0.29) is 6.61 Å². The number of hydrogen-bond donors (Lipinski definition) is 2. The number of aliphatic hydroxyl groups excluding tert-OH is 2.